The van der Waals surface area contributed by atoms with Gasteiger partial charge in [0.2, 0.25) is 0 Å². The number of hydrogen-bond donors (Lipinski definition) is 1. The third-order valence-electron chi connectivity index (χ3n) is 10.9. The summed E-state index contributed by atoms with van der Waals surface area (Å²) in [5.74, 6) is -0.322. The summed E-state index contributed by atoms with van der Waals surface area (Å²) in [6.07, 6.45) is -3.48. The first-order chi connectivity index (χ1) is 29.6. The van der Waals surface area contributed by atoms with E-state index < -0.39 is 29.8 Å². The molecular weight excluding hydrogens is 822 g/mol. The predicted octanol–water partition coefficient (Wildman–Crippen LogP) is 8.32. The number of anilines is 2. The number of amides is 1. The Bertz CT molecular complexity index is 2400. The average molecular weight is 873 g/mol. The monoisotopic (exact) mass is 872 g/mol. The normalized spacial score (nSPS) is 16.2. The van der Waals surface area contributed by atoms with Crippen molar-refractivity contribution in [2.24, 2.45) is 0 Å². The van der Waals surface area contributed by atoms with Crippen LogP contribution in [0.5, 0.6) is 5.75 Å². The lowest BCUT2D eigenvalue weighted by atomic mass is 9.94. The highest BCUT2D eigenvalue weighted by atomic mass is 32.1. The van der Waals surface area contributed by atoms with Crippen molar-refractivity contribution < 1.29 is 41.8 Å². The van der Waals surface area contributed by atoms with Crippen LogP contribution in [0.15, 0.2) is 72.8 Å². The number of esters is 2. The molecule has 1 saturated heterocycles. The van der Waals surface area contributed by atoms with Gasteiger partial charge in [0.1, 0.15) is 23.2 Å². The molecule has 0 spiro atoms. The van der Waals surface area contributed by atoms with Gasteiger partial charge in [-0.3, -0.25) is 24.7 Å². The number of rotatable bonds is 13. The molecule has 5 aromatic rings. The molecule has 1 fully saturated rings. The van der Waals surface area contributed by atoms with E-state index in [1.165, 1.54) is 21.1 Å². The smallest absolute Gasteiger partial charge is 0.405 e. The van der Waals surface area contributed by atoms with Gasteiger partial charge in [-0.25, -0.2) is 14.8 Å². The minimum Gasteiger partial charge on any atom is -0.493 e. The standard InChI is InChI=1S/C46H51F3N6O6S/c1-6-59-40(56)28-53-23-24-54(38(27-53)46(47,48)49)21-11-25-60-36-16-10-13-31(29(36)2)32-18-19-39(51-41(32)43(58)61-45(3,4)5)55-22-20-30-12-9-14-33(34(30)26-55)42(57)52-44-50-35-15-7-8-17-37(35)62-44/h7-10,12-19,38H,6,11,20-28H2,1-5H3,(H,50,52,57)/t38-/m0/s1. The number of carbonyl (C=O) groups is 3. The molecule has 4 heterocycles. The molecule has 328 valence electrons. The lowest BCUT2D eigenvalue weighted by Crippen LogP contribution is -2.59. The highest BCUT2D eigenvalue weighted by molar-refractivity contribution is 7.22. The molecule has 16 heteroatoms. The SMILES string of the molecule is CCOC(=O)CN1CCN(CCCOc2cccc(-c3ccc(N4CCc5cccc(C(=O)Nc6nc7ccccc7s6)c5C4)nc3C(=O)OC(C)(C)C)c2C)[C@H](C(F)(F)F)C1. The van der Waals surface area contributed by atoms with Crippen molar-refractivity contribution in [3.8, 4) is 16.9 Å². The highest BCUT2D eigenvalue weighted by Crippen LogP contribution is 2.36. The molecule has 2 aromatic heterocycles. The fraction of sp³-hybridized carbons (Fsp3) is 0.413. The molecule has 1 atom stereocenters. The summed E-state index contributed by atoms with van der Waals surface area (Å²) < 4.78 is 60.3. The van der Waals surface area contributed by atoms with Crippen molar-refractivity contribution >= 4 is 50.3 Å². The molecule has 2 aliphatic heterocycles. The topological polar surface area (TPSA) is 126 Å². The van der Waals surface area contributed by atoms with Crippen LogP contribution in [0.2, 0.25) is 0 Å². The maximum absolute atomic E-state index is 14.1. The van der Waals surface area contributed by atoms with Crippen LogP contribution >= 0.6 is 11.3 Å². The number of alkyl halides is 3. The van der Waals surface area contributed by atoms with E-state index in [1.807, 2.05) is 72.5 Å². The number of nitrogens with zero attached hydrogens (tertiary/aromatic N) is 5. The number of benzene rings is 3. The van der Waals surface area contributed by atoms with Gasteiger partial charge in [-0.15, -0.1) is 0 Å². The summed E-state index contributed by atoms with van der Waals surface area (Å²) in [6.45, 7) is 10.3. The van der Waals surface area contributed by atoms with Gasteiger partial charge in [0.25, 0.3) is 5.91 Å². The number of hydrogen-bond acceptors (Lipinski definition) is 12. The Labute approximate surface area is 363 Å². The maximum atomic E-state index is 14.1. The third-order valence-corrected chi connectivity index (χ3v) is 11.8. The Kier molecular flexibility index (Phi) is 13.5. The molecule has 0 aliphatic carbocycles. The molecule has 0 saturated carbocycles. The number of carbonyl (C=O) groups excluding carboxylic acids is 3. The number of fused-ring (bicyclic) bond motifs is 2. The zero-order valence-electron chi connectivity index (χ0n) is 35.5. The number of nitrogens with one attached hydrogen (secondary N) is 1. The average Bonchev–Trinajstić information content (AvgIpc) is 3.64. The minimum atomic E-state index is -4.47. The summed E-state index contributed by atoms with van der Waals surface area (Å²) in [5.41, 5.74) is 4.54. The maximum Gasteiger partial charge on any atom is 0.405 e. The van der Waals surface area contributed by atoms with Gasteiger partial charge in [-0.2, -0.15) is 13.2 Å². The van der Waals surface area contributed by atoms with E-state index in [-0.39, 0.29) is 51.0 Å². The number of halogens is 3. The molecule has 12 nitrogen and oxygen atoms in total. The molecule has 0 radical (unpaired) electrons. The van der Waals surface area contributed by atoms with Crippen molar-refractivity contribution in [3.05, 3.63) is 101 Å². The van der Waals surface area contributed by atoms with Crippen LogP contribution in [0.4, 0.5) is 24.1 Å². The first-order valence-corrected chi connectivity index (χ1v) is 21.6. The summed E-state index contributed by atoms with van der Waals surface area (Å²) >= 11 is 1.41. The minimum absolute atomic E-state index is 0.116. The second kappa shape index (κ2) is 18.8. The Morgan fingerprint density at radius 3 is 2.47 bits per heavy atom. The van der Waals surface area contributed by atoms with E-state index in [0.717, 1.165) is 26.9 Å². The van der Waals surface area contributed by atoms with E-state index in [9.17, 15) is 27.6 Å². The fourth-order valence-electron chi connectivity index (χ4n) is 7.90. The first kappa shape index (κ1) is 44.5. The summed E-state index contributed by atoms with van der Waals surface area (Å²) in [4.78, 5) is 54.0. The Hall–Kier alpha value is -5.58. The number of para-hydroxylation sites is 1. The van der Waals surface area contributed by atoms with Crippen LogP contribution in [-0.4, -0.2) is 108 Å². The number of thiazole rings is 1. The molecule has 1 amide bonds. The van der Waals surface area contributed by atoms with Crippen molar-refractivity contribution in [1.29, 1.82) is 0 Å². The van der Waals surface area contributed by atoms with Crippen LogP contribution < -0.4 is 15.0 Å². The lowest BCUT2D eigenvalue weighted by molar-refractivity contribution is -0.198. The fourth-order valence-corrected chi connectivity index (χ4v) is 8.76. The van der Waals surface area contributed by atoms with E-state index in [0.29, 0.717) is 65.9 Å². The second-order valence-corrected chi connectivity index (χ2v) is 17.4. The van der Waals surface area contributed by atoms with Crippen LogP contribution in [0, 0.1) is 6.92 Å². The number of ether oxygens (including phenoxy) is 3. The van der Waals surface area contributed by atoms with Gasteiger partial charge in [0.05, 0.1) is 30.0 Å². The van der Waals surface area contributed by atoms with Crippen molar-refractivity contribution in [3.63, 3.8) is 0 Å². The molecular formula is C46H51F3N6O6S. The van der Waals surface area contributed by atoms with E-state index in [1.54, 1.807) is 39.8 Å². The van der Waals surface area contributed by atoms with Crippen molar-refractivity contribution in [2.45, 2.75) is 71.8 Å². The predicted molar refractivity (Wildman–Crippen MR) is 233 cm³/mol. The number of piperazine rings is 1. The van der Waals surface area contributed by atoms with Gasteiger partial charge >= 0.3 is 18.1 Å². The molecule has 7 rings (SSSR count). The number of pyridine rings is 1. The Morgan fingerprint density at radius 1 is 0.919 bits per heavy atom. The number of aromatic nitrogens is 2. The molecule has 0 unspecified atom stereocenters. The summed E-state index contributed by atoms with van der Waals surface area (Å²) in [6, 6.07) is 20.9. The van der Waals surface area contributed by atoms with Crippen LogP contribution in [0.1, 0.15) is 71.7 Å². The summed E-state index contributed by atoms with van der Waals surface area (Å²) in [5, 5.41) is 3.50. The van der Waals surface area contributed by atoms with Gasteiger partial charge in [-0.1, -0.05) is 47.7 Å². The van der Waals surface area contributed by atoms with E-state index >= 15 is 0 Å². The molecule has 2 aliphatic rings. The van der Waals surface area contributed by atoms with Crippen LogP contribution in [0.25, 0.3) is 21.3 Å². The summed E-state index contributed by atoms with van der Waals surface area (Å²) in [7, 11) is 0. The van der Waals surface area contributed by atoms with Crippen molar-refractivity contribution in [2.75, 3.05) is 62.7 Å². The van der Waals surface area contributed by atoms with E-state index in [4.69, 9.17) is 19.2 Å². The van der Waals surface area contributed by atoms with E-state index in [2.05, 4.69) is 10.3 Å². The van der Waals surface area contributed by atoms with Gasteiger partial charge in [0.15, 0.2) is 10.8 Å². The Morgan fingerprint density at radius 2 is 1.71 bits per heavy atom. The van der Waals surface area contributed by atoms with Crippen LogP contribution in [-0.2, 0) is 27.2 Å². The molecule has 62 heavy (non-hydrogen) atoms. The van der Waals surface area contributed by atoms with Gasteiger partial charge in [-0.05, 0) is 106 Å². The first-order valence-electron chi connectivity index (χ1n) is 20.8. The Balaban J connectivity index is 1.07. The molecule has 1 N–H and O–H groups in total. The molecule has 0 bridgehead atoms. The second-order valence-electron chi connectivity index (χ2n) is 16.4. The zero-order valence-corrected chi connectivity index (χ0v) is 36.3. The van der Waals surface area contributed by atoms with Crippen molar-refractivity contribution in [1.82, 2.24) is 19.8 Å². The van der Waals surface area contributed by atoms with Gasteiger partial charge in [0, 0.05) is 50.4 Å². The van der Waals surface area contributed by atoms with Gasteiger partial charge < -0.3 is 19.1 Å². The quantitative estimate of drug-likeness (QED) is 0.0907. The highest BCUT2D eigenvalue weighted by Gasteiger charge is 2.46. The third kappa shape index (κ3) is 10.5. The zero-order chi connectivity index (χ0) is 44.2. The van der Waals surface area contributed by atoms with Crippen LogP contribution in [0.3, 0.4) is 0 Å². The largest absolute Gasteiger partial charge is 0.493 e. The lowest BCUT2D eigenvalue weighted by Gasteiger charge is -2.41. The molecule has 3 aromatic carbocycles.